The minimum atomic E-state index is -0.569. The van der Waals surface area contributed by atoms with Crippen LogP contribution in [0.3, 0.4) is 0 Å². The Hall–Kier alpha value is -4.42. The lowest BCUT2D eigenvalue weighted by molar-refractivity contribution is -0.385. The lowest BCUT2D eigenvalue weighted by Gasteiger charge is -2.26. The van der Waals surface area contributed by atoms with Gasteiger partial charge < -0.3 is 19.5 Å². The lowest BCUT2D eigenvalue weighted by atomic mass is 10.1. The Morgan fingerprint density at radius 3 is 2.72 bits per heavy atom. The molecule has 0 unspecified atom stereocenters. The van der Waals surface area contributed by atoms with E-state index in [4.69, 9.17) is 14.2 Å². The zero-order valence-electron chi connectivity index (χ0n) is 21.3. The van der Waals surface area contributed by atoms with Gasteiger partial charge >= 0.3 is 5.69 Å². The first-order valence-electron chi connectivity index (χ1n) is 12.4. The summed E-state index contributed by atoms with van der Waals surface area (Å²) in [6, 6.07) is 11.2. The molecule has 0 saturated carbocycles. The molecule has 1 aliphatic rings. The first kappa shape index (κ1) is 26.2. The Labute approximate surface area is 223 Å². The first-order valence-corrected chi connectivity index (χ1v) is 12.4. The molecule has 5 rings (SSSR count). The molecule has 3 heterocycles. The molecule has 0 bridgehead atoms. The summed E-state index contributed by atoms with van der Waals surface area (Å²) >= 11 is 0. The van der Waals surface area contributed by atoms with Crippen molar-refractivity contribution in [2.75, 3.05) is 44.8 Å². The van der Waals surface area contributed by atoms with Crippen molar-refractivity contribution in [3.8, 4) is 11.5 Å². The van der Waals surface area contributed by atoms with Crippen LogP contribution in [0.25, 0.3) is 10.9 Å². The van der Waals surface area contributed by atoms with Gasteiger partial charge in [-0.3, -0.25) is 20.0 Å². The highest BCUT2D eigenvalue weighted by atomic mass is 19.1. The Morgan fingerprint density at radius 1 is 1.10 bits per heavy atom. The number of nitrogens with one attached hydrogen (secondary N) is 1. The van der Waals surface area contributed by atoms with Crippen molar-refractivity contribution < 1.29 is 23.5 Å². The molecule has 2 aromatic heterocycles. The molecular formula is C27H27FN6O5. The number of aryl methyl sites for hydroxylation is 1. The number of nitrogens with zero attached hydrogens (tertiary/aromatic N) is 5. The van der Waals surface area contributed by atoms with Crippen LogP contribution in [0.5, 0.6) is 11.5 Å². The standard InChI is InChI=1S/C27H27FN6O5/c1-18-12-23(21(28)14-25(18)39-16-19-4-2-3-5-29-19)32-27-20-13-24(34(35)36)26(15-22(20)30-17-31-27)38-11-8-33-6-9-37-10-7-33/h2-5,12-15,17H,6-11,16H2,1H3,(H,30,31,32). The predicted molar refractivity (Wildman–Crippen MR) is 142 cm³/mol. The normalized spacial score (nSPS) is 13.8. The van der Waals surface area contributed by atoms with Gasteiger partial charge in [0.2, 0.25) is 0 Å². The molecule has 0 amide bonds. The fourth-order valence-corrected chi connectivity index (χ4v) is 4.22. The monoisotopic (exact) mass is 534 g/mol. The second-order valence-corrected chi connectivity index (χ2v) is 8.95. The molecular weight excluding hydrogens is 507 g/mol. The number of pyridine rings is 1. The Morgan fingerprint density at radius 2 is 1.95 bits per heavy atom. The van der Waals surface area contributed by atoms with Gasteiger partial charge in [-0.15, -0.1) is 0 Å². The highest BCUT2D eigenvalue weighted by Gasteiger charge is 2.21. The number of anilines is 2. The molecule has 4 aromatic rings. The molecule has 1 fully saturated rings. The van der Waals surface area contributed by atoms with Crippen LogP contribution in [-0.4, -0.2) is 64.2 Å². The van der Waals surface area contributed by atoms with Gasteiger partial charge in [-0.2, -0.15) is 0 Å². The summed E-state index contributed by atoms with van der Waals surface area (Å²) in [4.78, 5) is 26.2. The van der Waals surface area contributed by atoms with Gasteiger partial charge in [0.05, 0.1) is 40.4 Å². The summed E-state index contributed by atoms with van der Waals surface area (Å²) < 4.78 is 31.9. The van der Waals surface area contributed by atoms with Crippen LogP contribution in [0.15, 0.2) is 55.0 Å². The summed E-state index contributed by atoms with van der Waals surface area (Å²) in [5.41, 5.74) is 1.75. The number of nitro benzene ring substituents is 1. The Balaban J connectivity index is 1.35. The molecule has 0 atom stereocenters. The SMILES string of the molecule is Cc1cc(Nc2ncnc3cc(OCCN4CCOCC4)c([N+](=O)[O-])cc23)c(F)cc1OCc1ccccn1. The maximum absolute atomic E-state index is 15.1. The second kappa shape index (κ2) is 12.0. The highest BCUT2D eigenvalue weighted by molar-refractivity contribution is 5.93. The second-order valence-electron chi connectivity index (χ2n) is 8.95. The molecule has 1 saturated heterocycles. The van der Waals surface area contributed by atoms with Crippen molar-refractivity contribution in [1.82, 2.24) is 19.9 Å². The Kier molecular flexibility index (Phi) is 8.04. The number of fused-ring (bicyclic) bond motifs is 1. The minimum absolute atomic E-state index is 0.113. The van der Waals surface area contributed by atoms with Crippen LogP contribution in [0.2, 0.25) is 0 Å². The number of nitro groups is 1. The summed E-state index contributed by atoms with van der Waals surface area (Å²) in [5.74, 6) is 0.150. The van der Waals surface area contributed by atoms with E-state index in [-0.39, 0.29) is 36.2 Å². The van der Waals surface area contributed by atoms with Gasteiger partial charge in [0.25, 0.3) is 0 Å². The van der Waals surface area contributed by atoms with E-state index in [0.717, 1.165) is 18.8 Å². The highest BCUT2D eigenvalue weighted by Crippen LogP contribution is 2.35. The molecule has 0 aliphatic carbocycles. The zero-order valence-corrected chi connectivity index (χ0v) is 21.3. The number of rotatable bonds is 10. The van der Waals surface area contributed by atoms with Crippen molar-refractivity contribution >= 4 is 28.1 Å². The number of benzene rings is 2. The number of ether oxygens (including phenoxy) is 3. The van der Waals surface area contributed by atoms with E-state index in [9.17, 15) is 10.1 Å². The van der Waals surface area contributed by atoms with Crippen molar-refractivity contribution in [2.24, 2.45) is 0 Å². The molecule has 0 spiro atoms. The van der Waals surface area contributed by atoms with Crippen LogP contribution < -0.4 is 14.8 Å². The van der Waals surface area contributed by atoms with Crippen LogP contribution >= 0.6 is 0 Å². The lowest BCUT2D eigenvalue weighted by Crippen LogP contribution is -2.38. The molecule has 0 radical (unpaired) electrons. The minimum Gasteiger partial charge on any atom is -0.487 e. The number of halogens is 1. The molecule has 202 valence electrons. The number of hydrogen-bond acceptors (Lipinski definition) is 10. The van der Waals surface area contributed by atoms with Gasteiger partial charge in [0.1, 0.15) is 36.9 Å². The third kappa shape index (κ3) is 6.36. The topological polar surface area (TPSA) is 125 Å². The average molecular weight is 535 g/mol. The summed E-state index contributed by atoms with van der Waals surface area (Å²) in [6.07, 6.45) is 2.97. The fourth-order valence-electron chi connectivity index (χ4n) is 4.22. The summed E-state index contributed by atoms with van der Waals surface area (Å²) in [7, 11) is 0. The fraction of sp³-hybridized carbons (Fsp3) is 0.296. The van der Waals surface area contributed by atoms with E-state index in [1.165, 1.54) is 24.5 Å². The van der Waals surface area contributed by atoms with E-state index >= 15 is 4.39 Å². The third-order valence-electron chi connectivity index (χ3n) is 6.30. The van der Waals surface area contributed by atoms with Crippen molar-refractivity contribution in [2.45, 2.75) is 13.5 Å². The van der Waals surface area contributed by atoms with E-state index < -0.39 is 10.7 Å². The first-order chi connectivity index (χ1) is 19.0. The molecule has 1 N–H and O–H groups in total. The van der Waals surface area contributed by atoms with Crippen LogP contribution in [0.1, 0.15) is 11.3 Å². The van der Waals surface area contributed by atoms with Crippen molar-refractivity contribution in [3.05, 3.63) is 82.2 Å². The quantitative estimate of drug-likeness (QED) is 0.231. The Bertz CT molecular complexity index is 1470. The molecule has 39 heavy (non-hydrogen) atoms. The molecule has 2 aromatic carbocycles. The van der Waals surface area contributed by atoms with E-state index in [0.29, 0.717) is 42.0 Å². The van der Waals surface area contributed by atoms with Crippen LogP contribution in [0.4, 0.5) is 21.6 Å². The number of hydrogen-bond donors (Lipinski definition) is 1. The van der Waals surface area contributed by atoms with E-state index in [1.54, 1.807) is 25.3 Å². The van der Waals surface area contributed by atoms with E-state index in [1.807, 2.05) is 12.1 Å². The van der Waals surface area contributed by atoms with Gasteiger partial charge in [-0.25, -0.2) is 14.4 Å². The maximum Gasteiger partial charge on any atom is 0.311 e. The van der Waals surface area contributed by atoms with Gasteiger partial charge in [-0.05, 0) is 30.7 Å². The maximum atomic E-state index is 15.1. The van der Waals surface area contributed by atoms with Gasteiger partial charge in [0, 0.05) is 44.0 Å². The van der Waals surface area contributed by atoms with Crippen LogP contribution in [-0.2, 0) is 11.3 Å². The van der Waals surface area contributed by atoms with Gasteiger partial charge in [0.15, 0.2) is 5.75 Å². The number of morpholine rings is 1. The zero-order chi connectivity index (χ0) is 27.2. The average Bonchev–Trinajstić information content (AvgIpc) is 2.95. The third-order valence-corrected chi connectivity index (χ3v) is 6.30. The van der Waals surface area contributed by atoms with Gasteiger partial charge in [-0.1, -0.05) is 6.07 Å². The summed E-state index contributed by atoms with van der Waals surface area (Å²) in [6.45, 7) is 5.79. The van der Waals surface area contributed by atoms with Crippen LogP contribution in [0, 0.1) is 22.9 Å². The van der Waals surface area contributed by atoms with E-state index in [2.05, 4.69) is 25.2 Å². The van der Waals surface area contributed by atoms with Crippen molar-refractivity contribution in [3.63, 3.8) is 0 Å². The molecule has 1 aliphatic heterocycles. The molecule has 11 nitrogen and oxygen atoms in total. The largest absolute Gasteiger partial charge is 0.487 e. The smallest absolute Gasteiger partial charge is 0.311 e. The summed E-state index contributed by atoms with van der Waals surface area (Å²) in [5, 5.41) is 15.2. The van der Waals surface area contributed by atoms with Crippen molar-refractivity contribution in [1.29, 1.82) is 0 Å². The predicted octanol–water partition coefficient (Wildman–Crippen LogP) is 4.41. The number of aromatic nitrogens is 3. The molecule has 12 heteroatoms.